The SMILES string of the molecule is CCOc1ccc(-c2[nH]c(=S)ncc2C)cc1OCC. The van der Waals surface area contributed by atoms with Gasteiger partial charge in [0.15, 0.2) is 16.3 Å². The van der Waals surface area contributed by atoms with Crippen LogP contribution in [0.3, 0.4) is 0 Å². The molecule has 0 radical (unpaired) electrons. The number of hydrogen-bond acceptors (Lipinski definition) is 4. The molecule has 1 heterocycles. The number of hydrogen-bond donors (Lipinski definition) is 1. The Bertz CT molecular complexity index is 653. The van der Waals surface area contributed by atoms with E-state index in [9.17, 15) is 0 Å². The summed E-state index contributed by atoms with van der Waals surface area (Å²) in [4.78, 5) is 7.19. The van der Waals surface area contributed by atoms with Crippen molar-refractivity contribution >= 4 is 12.2 Å². The highest BCUT2D eigenvalue weighted by atomic mass is 32.1. The van der Waals surface area contributed by atoms with Crippen LogP contribution in [0, 0.1) is 11.7 Å². The molecule has 1 N–H and O–H groups in total. The molecule has 0 spiro atoms. The zero-order chi connectivity index (χ0) is 14.5. The van der Waals surface area contributed by atoms with E-state index in [0.29, 0.717) is 18.0 Å². The van der Waals surface area contributed by atoms with Crippen LogP contribution < -0.4 is 9.47 Å². The molecule has 0 unspecified atom stereocenters. The molecule has 0 atom stereocenters. The Morgan fingerprint density at radius 3 is 2.55 bits per heavy atom. The van der Waals surface area contributed by atoms with Gasteiger partial charge in [0.2, 0.25) is 0 Å². The molecule has 106 valence electrons. The van der Waals surface area contributed by atoms with Gasteiger partial charge in [-0.2, -0.15) is 0 Å². The van der Waals surface area contributed by atoms with E-state index in [1.165, 1.54) is 0 Å². The van der Waals surface area contributed by atoms with Crippen LogP contribution in [0.1, 0.15) is 19.4 Å². The number of aryl methyl sites for hydroxylation is 1. The van der Waals surface area contributed by atoms with Crippen LogP contribution in [0.15, 0.2) is 24.4 Å². The first kappa shape index (κ1) is 14.5. The summed E-state index contributed by atoms with van der Waals surface area (Å²) >= 11 is 5.09. The van der Waals surface area contributed by atoms with E-state index < -0.39 is 0 Å². The van der Waals surface area contributed by atoms with E-state index >= 15 is 0 Å². The molecule has 0 saturated carbocycles. The van der Waals surface area contributed by atoms with E-state index in [2.05, 4.69) is 9.97 Å². The summed E-state index contributed by atoms with van der Waals surface area (Å²) in [7, 11) is 0. The van der Waals surface area contributed by atoms with Gasteiger partial charge in [-0.15, -0.1) is 0 Å². The maximum Gasteiger partial charge on any atom is 0.197 e. The van der Waals surface area contributed by atoms with E-state index in [-0.39, 0.29) is 0 Å². The molecule has 0 aliphatic carbocycles. The molecule has 2 aromatic rings. The van der Waals surface area contributed by atoms with Crippen LogP contribution in [0.2, 0.25) is 0 Å². The lowest BCUT2D eigenvalue weighted by atomic mass is 10.1. The van der Waals surface area contributed by atoms with Crippen molar-refractivity contribution in [1.82, 2.24) is 9.97 Å². The second-order valence-electron chi connectivity index (χ2n) is 4.27. The van der Waals surface area contributed by atoms with Gasteiger partial charge in [0.1, 0.15) is 0 Å². The summed E-state index contributed by atoms with van der Waals surface area (Å²) in [5.74, 6) is 1.49. The monoisotopic (exact) mass is 290 g/mol. The van der Waals surface area contributed by atoms with Crippen LogP contribution in [0.5, 0.6) is 11.5 Å². The third-order valence-electron chi connectivity index (χ3n) is 2.83. The fourth-order valence-electron chi connectivity index (χ4n) is 1.96. The van der Waals surface area contributed by atoms with Crippen molar-refractivity contribution in [1.29, 1.82) is 0 Å². The number of nitrogens with one attached hydrogen (secondary N) is 1. The van der Waals surface area contributed by atoms with Gasteiger partial charge in [-0.25, -0.2) is 4.98 Å². The summed E-state index contributed by atoms with van der Waals surface area (Å²) in [5.41, 5.74) is 2.99. The topological polar surface area (TPSA) is 47.1 Å². The van der Waals surface area contributed by atoms with Crippen molar-refractivity contribution in [3.63, 3.8) is 0 Å². The van der Waals surface area contributed by atoms with Crippen LogP contribution in [-0.4, -0.2) is 23.2 Å². The molecule has 5 heteroatoms. The Kier molecular flexibility index (Phi) is 4.74. The molecule has 0 saturated heterocycles. The molecule has 20 heavy (non-hydrogen) atoms. The van der Waals surface area contributed by atoms with Gasteiger partial charge >= 0.3 is 0 Å². The molecule has 4 nitrogen and oxygen atoms in total. The van der Waals surface area contributed by atoms with Crippen molar-refractivity contribution in [2.45, 2.75) is 20.8 Å². The Hall–Kier alpha value is -1.88. The van der Waals surface area contributed by atoms with E-state index in [4.69, 9.17) is 21.7 Å². The molecule has 0 amide bonds. The molecule has 2 rings (SSSR count). The van der Waals surface area contributed by atoms with Crippen molar-refractivity contribution < 1.29 is 9.47 Å². The number of nitrogens with zero attached hydrogens (tertiary/aromatic N) is 1. The minimum Gasteiger partial charge on any atom is -0.490 e. The lowest BCUT2D eigenvalue weighted by Crippen LogP contribution is -1.99. The lowest BCUT2D eigenvalue weighted by Gasteiger charge is -2.13. The summed E-state index contributed by atoms with van der Waals surface area (Å²) < 4.78 is 11.7. The average Bonchev–Trinajstić information content (AvgIpc) is 2.44. The lowest BCUT2D eigenvalue weighted by molar-refractivity contribution is 0.288. The first-order valence-electron chi connectivity index (χ1n) is 6.61. The number of H-pyrrole nitrogens is 1. The summed E-state index contributed by atoms with van der Waals surface area (Å²) in [5, 5.41) is 0. The van der Waals surface area contributed by atoms with E-state index in [0.717, 1.165) is 28.3 Å². The first-order chi connectivity index (χ1) is 9.65. The highest BCUT2D eigenvalue weighted by Gasteiger charge is 2.09. The van der Waals surface area contributed by atoms with E-state index in [1.54, 1.807) is 6.20 Å². The maximum absolute atomic E-state index is 5.64. The zero-order valence-corrected chi connectivity index (χ0v) is 12.7. The maximum atomic E-state index is 5.64. The van der Waals surface area contributed by atoms with Crippen molar-refractivity contribution in [2.24, 2.45) is 0 Å². The van der Waals surface area contributed by atoms with Crippen molar-refractivity contribution in [3.05, 3.63) is 34.7 Å². The molecule has 0 bridgehead atoms. The van der Waals surface area contributed by atoms with Crippen LogP contribution in [0.25, 0.3) is 11.3 Å². The Balaban J connectivity index is 2.49. The summed E-state index contributed by atoms with van der Waals surface area (Å²) in [6.45, 7) is 7.09. The third kappa shape index (κ3) is 3.17. The number of aromatic amines is 1. The molecule has 0 aliphatic rings. The minimum atomic E-state index is 0.470. The number of ether oxygens (including phenoxy) is 2. The van der Waals surface area contributed by atoms with Crippen molar-refractivity contribution in [2.75, 3.05) is 13.2 Å². The van der Waals surface area contributed by atoms with Gasteiger partial charge < -0.3 is 14.5 Å². The molecule has 0 fully saturated rings. The number of benzene rings is 1. The van der Waals surface area contributed by atoms with Crippen LogP contribution in [0.4, 0.5) is 0 Å². The van der Waals surface area contributed by atoms with Crippen LogP contribution in [-0.2, 0) is 0 Å². The quantitative estimate of drug-likeness (QED) is 0.848. The molecule has 0 aliphatic heterocycles. The van der Waals surface area contributed by atoms with Gasteiger partial charge in [-0.05, 0) is 56.8 Å². The Morgan fingerprint density at radius 2 is 1.85 bits per heavy atom. The molecular formula is C15H18N2O2S. The predicted molar refractivity (Wildman–Crippen MR) is 81.9 cm³/mol. The fourth-order valence-corrected chi connectivity index (χ4v) is 2.12. The van der Waals surface area contributed by atoms with Crippen molar-refractivity contribution in [3.8, 4) is 22.8 Å². The molecule has 1 aromatic carbocycles. The average molecular weight is 290 g/mol. The van der Waals surface area contributed by atoms with Gasteiger partial charge in [-0.3, -0.25) is 0 Å². The summed E-state index contributed by atoms with van der Waals surface area (Å²) in [6.07, 6.45) is 1.77. The van der Waals surface area contributed by atoms with Gasteiger partial charge in [0.05, 0.1) is 18.9 Å². The van der Waals surface area contributed by atoms with Gasteiger partial charge in [0, 0.05) is 11.8 Å². The normalized spacial score (nSPS) is 10.3. The highest BCUT2D eigenvalue weighted by molar-refractivity contribution is 7.71. The van der Waals surface area contributed by atoms with E-state index in [1.807, 2.05) is 39.0 Å². The summed E-state index contributed by atoms with van der Waals surface area (Å²) in [6, 6.07) is 5.86. The second-order valence-corrected chi connectivity index (χ2v) is 4.66. The highest BCUT2D eigenvalue weighted by Crippen LogP contribution is 2.33. The Morgan fingerprint density at radius 1 is 1.15 bits per heavy atom. The number of aromatic nitrogens is 2. The third-order valence-corrected chi connectivity index (χ3v) is 3.04. The fraction of sp³-hybridized carbons (Fsp3) is 0.333. The van der Waals surface area contributed by atoms with Gasteiger partial charge in [0.25, 0.3) is 0 Å². The largest absolute Gasteiger partial charge is 0.490 e. The smallest absolute Gasteiger partial charge is 0.197 e. The first-order valence-corrected chi connectivity index (χ1v) is 7.02. The number of rotatable bonds is 5. The predicted octanol–water partition coefficient (Wildman–Crippen LogP) is 3.91. The Labute approximate surface area is 123 Å². The minimum absolute atomic E-state index is 0.470. The standard InChI is InChI=1S/C15H18N2O2S/c1-4-18-12-7-6-11(8-13(12)19-5-2)14-10(3)9-16-15(20)17-14/h6-9H,4-5H2,1-3H3,(H,16,17,20). The van der Waals surface area contributed by atoms with Crippen LogP contribution >= 0.6 is 12.2 Å². The molecule has 1 aromatic heterocycles. The second kappa shape index (κ2) is 6.52. The molecular weight excluding hydrogens is 272 g/mol. The zero-order valence-electron chi connectivity index (χ0n) is 11.9. The van der Waals surface area contributed by atoms with Gasteiger partial charge in [-0.1, -0.05) is 0 Å².